The van der Waals surface area contributed by atoms with Gasteiger partial charge in [-0.3, -0.25) is 10.0 Å². The Kier molecular flexibility index (Phi) is 43.0. The molecule has 0 bridgehead atoms. The zero-order valence-corrected chi connectivity index (χ0v) is 26.7. The van der Waals surface area contributed by atoms with E-state index in [-0.39, 0.29) is 50.1 Å². The smallest absolute Gasteiger partial charge is 0.267 e. The molecule has 0 N–H and O–H groups in total. The highest BCUT2D eigenvalue weighted by Crippen LogP contribution is 2.38. The summed E-state index contributed by atoms with van der Waals surface area (Å²) < 4.78 is 0. The molecule has 6 nitrogen and oxygen atoms in total. The Balaban J connectivity index is -0.0000000612. The van der Waals surface area contributed by atoms with Crippen molar-refractivity contribution in [2.45, 2.75) is 178 Å². The lowest BCUT2D eigenvalue weighted by molar-refractivity contribution is 0.124. The fourth-order valence-electron chi connectivity index (χ4n) is 5.18. The highest BCUT2D eigenvalue weighted by Gasteiger charge is 2.42. The van der Waals surface area contributed by atoms with E-state index in [0.717, 1.165) is 0 Å². The van der Waals surface area contributed by atoms with Crippen LogP contribution in [-0.2, 0) is 0 Å². The molecule has 0 radical (unpaired) electrons. The highest BCUT2D eigenvalue weighted by atomic mass is 15.5. The van der Waals surface area contributed by atoms with Crippen LogP contribution in [0.3, 0.4) is 0 Å². The lowest BCUT2D eigenvalue weighted by Crippen LogP contribution is -2.43. The summed E-state index contributed by atoms with van der Waals surface area (Å²) in [6, 6.07) is 3.08. The minimum atomic E-state index is 0. The summed E-state index contributed by atoms with van der Waals surface area (Å²) in [4.78, 5) is 3.35. The van der Waals surface area contributed by atoms with Gasteiger partial charge in [0.15, 0.2) is 0 Å². The molecule has 2 aliphatic rings. The third-order valence-corrected chi connectivity index (χ3v) is 8.18. The third-order valence-electron chi connectivity index (χ3n) is 8.18. The van der Waals surface area contributed by atoms with Gasteiger partial charge in [0.25, 0.3) is 6.07 Å². The molecule has 4 unspecified atom stereocenters. The van der Waals surface area contributed by atoms with E-state index >= 15 is 0 Å². The van der Waals surface area contributed by atoms with Crippen LogP contribution in [-0.4, -0.2) is 54.2 Å². The predicted octanol–water partition coefficient (Wildman–Crippen LogP) is 12.8. The molecule has 6 heteroatoms. The average molecular weight is 601 g/mol. The van der Waals surface area contributed by atoms with Crippen LogP contribution < -0.4 is 0 Å². The van der Waals surface area contributed by atoms with E-state index in [1.807, 2.05) is 0 Å². The van der Waals surface area contributed by atoms with Gasteiger partial charge in [-0.1, -0.05) is 112 Å². The fraction of sp³-hybridized carbons (Fsp3) is 0.861. The predicted molar refractivity (Wildman–Crippen MR) is 204 cm³/mol. The van der Waals surface area contributed by atoms with Crippen LogP contribution in [0, 0.1) is 17.4 Å². The molecule has 2 aliphatic heterocycles. The molecule has 0 fully saturated rings. The van der Waals surface area contributed by atoms with Crippen molar-refractivity contribution >= 4 is 11.4 Å². The molecule has 42 heavy (non-hydrogen) atoms. The van der Waals surface area contributed by atoms with Gasteiger partial charge in [0.1, 0.15) is 0 Å². The molecule has 0 aliphatic carbocycles. The molecule has 2 rings (SSSR count). The molecule has 0 spiro atoms. The molecule has 4 atom stereocenters. The van der Waals surface area contributed by atoms with Crippen molar-refractivity contribution in [2.75, 3.05) is 21.1 Å². The first-order chi connectivity index (χ1) is 16.8. The Bertz CT molecular complexity index is 761. The van der Waals surface area contributed by atoms with E-state index in [0.29, 0.717) is 17.4 Å². The summed E-state index contributed by atoms with van der Waals surface area (Å²) in [6.45, 7) is 26.1. The van der Waals surface area contributed by atoms with Crippen molar-refractivity contribution in [3.63, 3.8) is 0 Å². The molecular weight excluding hydrogens is 516 g/mol. The minimum Gasteiger partial charge on any atom is -0.312 e. The molecule has 2 heterocycles. The topological polar surface area (TPSA) is 49.7 Å². The van der Waals surface area contributed by atoms with Crippen LogP contribution in [0.2, 0.25) is 0 Å². The monoisotopic (exact) mass is 601 g/mol. The first-order valence-corrected chi connectivity index (χ1v) is 14.0. The van der Waals surface area contributed by atoms with Gasteiger partial charge < -0.3 is 5.43 Å². The van der Waals surface area contributed by atoms with E-state index in [1.165, 1.54) is 55.5 Å². The van der Waals surface area contributed by atoms with Crippen LogP contribution in [0.4, 0.5) is 0 Å². The quantitative estimate of drug-likeness (QED) is 0.225. The zero-order chi connectivity index (χ0) is 28.5. The van der Waals surface area contributed by atoms with Crippen LogP contribution in [0.1, 0.15) is 166 Å². The highest BCUT2D eigenvalue weighted by molar-refractivity contribution is 5.89. The largest absolute Gasteiger partial charge is 0.312 e. The van der Waals surface area contributed by atoms with Gasteiger partial charge in [0, 0.05) is 36.9 Å². The van der Waals surface area contributed by atoms with E-state index < -0.39 is 0 Å². The SMILES string of the molecule is C.C.C.C.C.C.CC#[N+][N-]C.CC/C=C(/C)CC.CCC1C(C)=NN(C)C1(C)CC.CCC1N(C)N=C(C)C1(C)CC. The Morgan fingerprint density at radius 1 is 0.905 bits per heavy atom. The molecular formula is C36H84N6. The molecule has 0 aromatic heterocycles. The maximum Gasteiger partial charge on any atom is 0.267 e. The van der Waals surface area contributed by atoms with Crippen LogP contribution in [0.5, 0.6) is 0 Å². The Labute approximate surface area is 269 Å². The van der Waals surface area contributed by atoms with Crippen molar-refractivity contribution in [1.82, 2.24) is 10.0 Å². The third kappa shape index (κ3) is 17.2. The summed E-state index contributed by atoms with van der Waals surface area (Å²) in [5.74, 6) is 0.646. The molecule has 0 aromatic rings. The number of rotatable bonds is 6. The summed E-state index contributed by atoms with van der Waals surface area (Å²) in [6.07, 6.45) is 9.38. The maximum atomic E-state index is 4.52. The number of nitrogens with zero attached hydrogens (tertiary/aromatic N) is 6. The maximum absolute atomic E-state index is 4.52. The van der Waals surface area contributed by atoms with Gasteiger partial charge >= 0.3 is 0 Å². The number of allylic oxidation sites excluding steroid dienone is 2. The lowest BCUT2D eigenvalue weighted by Gasteiger charge is -2.35. The van der Waals surface area contributed by atoms with Gasteiger partial charge in [0.2, 0.25) is 0 Å². The van der Waals surface area contributed by atoms with E-state index in [4.69, 9.17) is 0 Å². The first kappa shape index (κ1) is 59.4. The Morgan fingerprint density at radius 2 is 1.40 bits per heavy atom. The lowest BCUT2D eigenvalue weighted by atomic mass is 9.76. The standard InChI is InChI=1S/2C10H20N2.C7H14.C3H6N2.6CH4/c1-6-9-10(4,7-2)8(3)11-12(9)5;1-6-9-8(3)11-12(5)10(9,4)7-2;1-4-6-7(3)5-2;1-3-5-4-2;;;;;;/h2*9H,6-7H2,1-5H3;6H,4-5H2,1-3H3;1-2H3;6*1H4/b;;7-6-;;;;;;;. The number of hydrogen-bond acceptors (Lipinski definition) is 4. The number of hydrogen-bond donors (Lipinski definition) is 0. The van der Waals surface area contributed by atoms with Gasteiger partial charge in [0.05, 0.1) is 18.5 Å². The van der Waals surface area contributed by atoms with E-state index in [2.05, 4.69) is 133 Å². The second kappa shape index (κ2) is 30.4. The molecule has 0 aromatic carbocycles. The van der Waals surface area contributed by atoms with Crippen LogP contribution in [0.15, 0.2) is 21.9 Å². The summed E-state index contributed by atoms with van der Waals surface area (Å²) >= 11 is 0. The number of hydrazone groups is 2. The van der Waals surface area contributed by atoms with Crippen molar-refractivity contribution in [3.8, 4) is 6.07 Å². The summed E-state index contributed by atoms with van der Waals surface area (Å²) in [7, 11) is 5.78. The van der Waals surface area contributed by atoms with Gasteiger partial charge in [-0.25, -0.2) is 0 Å². The van der Waals surface area contributed by atoms with Crippen molar-refractivity contribution in [2.24, 2.45) is 21.5 Å². The van der Waals surface area contributed by atoms with Gasteiger partial charge in [-0.05, 0) is 66.2 Å². The minimum absolute atomic E-state index is 0. The Morgan fingerprint density at radius 3 is 1.62 bits per heavy atom. The van der Waals surface area contributed by atoms with Crippen molar-refractivity contribution < 1.29 is 0 Å². The second-order valence-electron chi connectivity index (χ2n) is 10.2. The van der Waals surface area contributed by atoms with Crippen molar-refractivity contribution in [1.29, 1.82) is 0 Å². The fourth-order valence-corrected chi connectivity index (χ4v) is 5.18. The summed E-state index contributed by atoms with van der Waals surface area (Å²) in [5.41, 5.74) is 8.03. The first-order valence-electron chi connectivity index (χ1n) is 14.0. The molecule has 0 saturated heterocycles. The van der Waals surface area contributed by atoms with E-state index in [1.54, 1.807) is 14.0 Å². The van der Waals surface area contributed by atoms with E-state index in [9.17, 15) is 0 Å². The van der Waals surface area contributed by atoms with Crippen LogP contribution >= 0.6 is 0 Å². The average Bonchev–Trinajstić information content (AvgIpc) is 3.21. The van der Waals surface area contributed by atoms with Crippen molar-refractivity contribution in [3.05, 3.63) is 22.0 Å². The van der Waals surface area contributed by atoms with Gasteiger partial charge in [-0.2, -0.15) is 10.2 Å². The second-order valence-corrected chi connectivity index (χ2v) is 10.2. The van der Waals surface area contributed by atoms with Gasteiger partial charge in [-0.15, -0.1) is 4.95 Å². The molecule has 258 valence electrons. The zero-order valence-electron chi connectivity index (χ0n) is 26.7. The molecule has 0 saturated carbocycles. The normalized spacial score (nSPS) is 22.9. The molecule has 0 amide bonds. The summed E-state index contributed by atoms with van der Waals surface area (Å²) in [5, 5.41) is 13.3. The van der Waals surface area contributed by atoms with Crippen LogP contribution in [0.25, 0.3) is 10.4 Å². The Hall–Kier alpha value is -2.03.